The molecule has 3 rings (SSSR count). The summed E-state index contributed by atoms with van der Waals surface area (Å²) in [5.74, 6) is -0.414. The van der Waals surface area contributed by atoms with Gasteiger partial charge in [0.2, 0.25) is 0 Å². The number of anilines is 2. The molecule has 0 aliphatic carbocycles. The number of nitrogens with one attached hydrogen (secondary N) is 3. The zero-order valence-electron chi connectivity index (χ0n) is 18.4. The van der Waals surface area contributed by atoms with E-state index in [0.717, 1.165) is 24.5 Å². The summed E-state index contributed by atoms with van der Waals surface area (Å²) in [5.41, 5.74) is 2.39. The highest BCUT2D eigenvalue weighted by atomic mass is 19.3. The second kappa shape index (κ2) is 11.4. The van der Waals surface area contributed by atoms with Crippen LogP contribution in [-0.4, -0.2) is 68.8 Å². The van der Waals surface area contributed by atoms with Gasteiger partial charge in [0.05, 0.1) is 6.54 Å². The molecular weight excluding hydrogens is 400 g/mol. The summed E-state index contributed by atoms with van der Waals surface area (Å²) >= 11 is 0. The molecule has 0 spiro atoms. The average molecular weight is 436 g/mol. The first-order valence-electron chi connectivity index (χ1n) is 11.4. The van der Waals surface area contributed by atoms with Crippen molar-refractivity contribution in [2.24, 2.45) is 0 Å². The number of hydrogen-bond acceptors (Lipinski definition) is 5. The SMILES string of the molecule is CNc1cc(N2CCCCCCC2)ccc1C(=N)C(=O)NC1CCN(CC(F)F)CC1. The predicted molar refractivity (Wildman–Crippen MR) is 122 cm³/mol. The van der Waals surface area contributed by atoms with Gasteiger partial charge in [0.1, 0.15) is 5.71 Å². The maximum absolute atomic E-state index is 12.7. The Hall–Kier alpha value is -2.22. The summed E-state index contributed by atoms with van der Waals surface area (Å²) in [4.78, 5) is 16.8. The monoisotopic (exact) mass is 435 g/mol. The maximum atomic E-state index is 12.7. The molecule has 2 fully saturated rings. The third-order valence-corrected chi connectivity index (χ3v) is 6.31. The molecule has 0 bridgehead atoms. The minimum Gasteiger partial charge on any atom is -0.388 e. The van der Waals surface area contributed by atoms with Crippen LogP contribution in [0.25, 0.3) is 0 Å². The van der Waals surface area contributed by atoms with E-state index >= 15 is 0 Å². The number of hydrogen-bond donors (Lipinski definition) is 3. The standard InChI is InChI=1S/C23H35F2N5O/c1-27-20-15-18(30-11-5-3-2-4-6-12-30)7-8-19(20)22(26)23(31)28-17-9-13-29(14-10-17)16-21(24)25/h7-8,15,17,21,26-27H,2-6,9-14,16H2,1H3,(H,28,31). The van der Waals surface area contributed by atoms with E-state index in [2.05, 4.69) is 15.5 Å². The van der Waals surface area contributed by atoms with Crippen LogP contribution >= 0.6 is 0 Å². The van der Waals surface area contributed by atoms with E-state index in [1.54, 1.807) is 11.9 Å². The summed E-state index contributed by atoms with van der Waals surface area (Å²) in [6, 6.07) is 5.80. The van der Waals surface area contributed by atoms with Crippen molar-refractivity contribution in [2.75, 3.05) is 50.0 Å². The van der Waals surface area contributed by atoms with Gasteiger partial charge in [-0.1, -0.05) is 19.3 Å². The Morgan fingerprint density at radius 2 is 1.74 bits per heavy atom. The maximum Gasteiger partial charge on any atom is 0.270 e. The van der Waals surface area contributed by atoms with E-state index in [1.807, 2.05) is 18.2 Å². The molecule has 0 radical (unpaired) electrons. The fourth-order valence-corrected chi connectivity index (χ4v) is 4.49. The lowest BCUT2D eigenvalue weighted by atomic mass is 10.0. The number of alkyl halides is 2. The molecule has 3 N–H and O–H groups in total. The minimum atomic E-state index is -2.33. The first-order chi connectivity index (χ1) is 15.0. The van der Waals surface area contributed by atoms with Crippen molar-refractivity contribution >= 4 is 23.0 Å². The normalized spacial score (nSPS) is 19.0. The summed E-state index contributed by atoms with van der Waals surface area (Å²) < 4.78 is 25.1. The van der Waals surface area contributed by atoms with Gasteiger partial charge in [-0.2, -0.15) is 0 Å². The largest absolute Gasteiger partial charge is 0.388 e. The van der Waals surface area contributed by atoms with E-state index in [0.29, 0.717) is 31.5 Å². The van der Waals surface area contributed by atoms with Crippen LogP contribution in [0.1, 0.15) is 50.5 Å². The number of amides is 1. The average Bonchev–Trinajstić information content (AvgIpc) is 2.73. The lowest BCUT2D eigenvalue weighted by molar-refractivity contribution is -0.115. The number of likely N-dealkylation sites (tertiary alicyclic amines) is 1. The summed E-state index contributed by atoms with van der Waals surface area (Å²) in [6.07, 6.45) is 5.12. The predicted octanol–water partition coefficient (Wildman–Crippen LogP) is 3.71. The highest BCUT2D eigenvalue weighted by Gasteiger charge is 2.25. The molecule has 8 heteroatoms. The number of halogens is 2. The van der Waals surface area contributed by atoms with E-state index in [-0.39, 0.29) is 18.3 Å². The first-order valence-corrected chi connectivity index (χ1v) is 11.4. The van der Waals surface area contributed by atoms with Crippen LogP contribution < -0.4 is 15.5 Å². The Balaban J connectivity index is 1.60. The van der Waals surface area contributed by atoms with Crippen molar-refractivity contribution in [3.05, 3.63) is 23.8 Å². The van der Waals surface area contributed by atoms with Crippen molar-refractivity contribution < 1.29 is 13.6 Å². The zero-order chi connectivity index (χ0) is 22.2. The highest BCUT2D eigenvalue weighted by molar-refractivity contribution is 6.45. The molecule has 2 aliphatic rings. The van der Waals surface area contributed by atoms with E-state index in [1.165, 1.54) is 32.1 Å². The van der Waals surface area contributed by atoms with Crippen molar-refractivity contribution in [3.8, 4) is 0 Å². The van der Waals surface area contributed by atoms with Gasteiger partial charge < -0.3 is 15.5 Å². The number of rotatable bonds is 7. The molecule has 1 aromatic carbocycles. The van der Waals surface area contributed by atoms with Crippen LogP contribution in [0.15, 0.2) is 18.2 Å². The second-order valence-corrected chi connectivity index (χ2v) is 8.55. The van der Waals surface area contributed by atoms with Crippen molar-refractivity contribution in [3.63, 3.8) is 0 Å². The first kappa shape index (κ1) is 23.4. The van der Waals surface area contributed by atoms with Gasteiger partial charge >= 0.3 is 0 Å². The fourth-order valence-electron chi connectivity index (χ4n) is 4.49. The molecule has 0 aromatic heterocycles. The van der Waals surface area contributed by atoms with Gasteiger partial charge in [-0.05, 0) is 43.9 Å². The van der Waals surface area contributed by atoms with Gasteiger partial charge in [0.25, 0.3) is 12.3 Å². The molecule has 0 unspecified atom stereocenters. The van der Waals surface area contributed by atoms with Gasteiger partial charge in [0, 0.05) is 56.2 Å². The van der Waals surface area contributed by atoms with Crippen molar-refractivity contribution in [1.29, 1.82) is 5.41 Å². The van der Waals surface area contributed by atoms with Crippen LogP contribution in [-0.2, 0) is 4.79 Å². The molecule has 0 atom stereocenters. The van der Waals surface area contributed by atoms with E-state index < -0.39 is 12.3 Å². The topological polar surface area (TPSA) is 71.5 Å². The van der Waals surface area contributed by atoms with Crippen LogP contribution in [0.5, 0.6) is 0 Å². The Labute approximate surface area is 183 Å². The lowest BCUT2D eigenvalue weighted by Gasteiger charge is -2.32. The molecular formula is C23H35F2N5O. The van der Waals surface area contributed by atoms with Gasteiger partial charge in [-0.25, -0.2) is 8.78 Å². The summed E-state index contributed by atoms with van der Waals surface area (Å²) in [6.45, 7) is 2.92. The van der Waals surface area contributed by atoms with E-state index in [9.17, 15) is 13.6 Å². The smallest absolute Gasteiger partial charge is 0.270 e. The zero-order valence-corrected chi connectivity index (χ0v) is 18.4. The molecule has 1 amide bonds. The Morgan fingerprint density at radius 3 is 2.35 bits per heavy atom. The van der Waals surface area contributed by atoms with Crippen LogP contribution in [0, 0.1) is 5.41 Å². The molecule has 2 saturated heterocycles. The third kappa shape index (κ3) is 6.63. The second-order valence-electron chi connectivity index (χ2n) is 8.55. The molecule has 6 nitrogen and oxygen atoms in total. The van der Waals surface area contributed by atoms with Gasteiger partial charge in [-0.15, -0.1) is 0 Å². The molecule has 0 saturated carbocycles. The number of piperidine rings is 1. The number of nitrogens with zero attached hydrogens (tertiary/aromatic N) is 2. The minimum absolute atomic E-state index is 0.0708. The molecule has 172 valence electrons. The van der Waals surface area contributed by atoms with Gasteiger partial charge in [0.15, 0.2) is 0 Å². The Kier molecular flexibility index (Phi) is 8.63. The highest BCUT2D eigenvalue weighted by Crippen LogP contribution is 2.26. The van der Waals surface area contributed by atoms with Crippen LogP contribution in [0.3, 0.4) is 0 Å². The molecule has 2 aliphatic heterocycles. The number of carbonyl (C=O) groups excluding carboxylic acids is 1. The molecule has 1 aromatic rings. The van der Waals surface area contributed by atoms with Crippen molar-refractivity contribution in [1.82, 2.24) is 10.2 Å². The quantitative estimate of drug-likeness (QED) is 0.571. The number of carbonyl (C=O) groups is 1. The van der Waals surface area contributed by atoms with E-state index in [4.69, 9.17) is 5.41 Å². The van der Waals surface area contributed by atoms with Crippen molar-refractivity contribution in [2.45, 2.75) is 57.4 Å². The fraction of sp³-hybridized carbons (Fsp3) is 0.652. The molecule has 31 heavy (non-hydrogen) atoms. The summed E-state index contributed by atoms with van der Waals surface area (Å²) in [7, 11) is 1.81. The third-order valence-electron chi connectivity index (χ3n) is 6.31. The van der Waals surface area contributed by atoms with Crippen LogP contribution in [0.4, 0.5) is 20.2 Å². The Morgan fingerprint density at radius 1 is 1.10 bits per heavy atom. The Bertz CT molecular complexity index is 741. The number of benzene rings is 1. The van der Waals surface area contributed by atoms with Crippen LogP contribution in [0.2, 0.25) is 0 Å². The lowest BCUT2D eigenvalue weighted by Crippen LogP contribution is -2.47. The van der Waals surface area contributed by atoms with Gasteiger partial charge in [-0.3, -0.25) is 15.1 Å². The molecule has 2 heterocycles. The summed E-state index contributed by atoms with van der Waals surface area (Å²) in [5, 5.41) is 14.5.